The molecule has 0 aliphatic carbocycles. The molecule has 1 aliphatic heterocycles. The number of benzene rings is 2. The Morgan fingerprint density at radius 2 is 1.81 bits per heavy atom. The van der Waals surface area contributed by atoms with Crippen LogP contribution in [0.25, 0.3) is 10.9 Å². The Hall–Kier alpha value is -2.90. The first kappa shape index (κ1) is 17.5. The molecule has 8 heteroatoms. The number of nitrogens with zero attached hydrogens (tertiary/aromatic N) is 1. The zero-order valence-electron chi connectivity index (χ0n) is 14.4. The van der Waals surface area contributed by atoms with Crippen LogP contribution in [-0.2, 0) is 0 Å². The van der Waals surface area contributed by atoms with Crippen LogP contribution in [0.3, 0.4) is 0 Å². The van der Waals surface area contributed by atoms with E-state index >= 15 is 0 Å². The molecule has 1 unspecified atom stereocenters. The fraction of sp³-hybridized carbons (Fsp3) is 0.316. The highest BCUT2D eigenvalue weighted by atomic mass is 19.4. The van der Waals surface area contributed by atoms with Gasteiger partial charge in [-0.15, -0.1) is 0 Å². The van der Waals surface area contributed by atoms with Gasteiger partial charge < -0.3 is 10.2 Å². The van der Waals surface area contributed by atoms with Crippen LogP contribution >= 0.6 is 0 Å². The maximum absolute atomic E-state index is 13.3. The molecular formula is C19H19F3N4O. The number of halogens is 3. The molecule has 1 saturated heterocycles. The highest BCUT2D eigenvalue weighted by Crippen LogP contribution is 2.35. The molecule has 4 rings (SSSR count). The van der Waals surface area contributed by atoms with Gasteiger partial charge in [0.15, 0.2) is 0 Å². The number of nitrogens with one attached hydrogen (secondary N) is 3. The van der Waals surface area contributed by atoms with Crippen LogP contribution in [0.2, 0.25) is 0 Å². The molecule has 3 aromatic rings. The van der Waals surface area contributed by atoms with Gasteiger partial charge in [0.2, 0.25) is 0 Å². The smallest absolute Gasteiger partial charge is 0.360 e. The molecule has 0 bridgehead atoms. The molecule has 0 spiro atoms. The van der Waals surface area contributed by atoms with Gasteiger partial charge in [-0.1, -0.05) is 6.07 Å². The van der Waals surface area contributed by atoms with Gasteiger partial charge in [0.25, 0.3) is 5.56 Å². The summed E-state index contributed by atoms with van der Waals surface area (Å²) in [5, 5.41) is 9.01. The fourth-order valence-corrected chi connectivity index (χ4v) is 3.66. The lowest BCUT2D eigenvalue weighted by molar-refractivity contribution is -0.152. The van der Waals surface area contributed by atoms with Gasteiger partial charge >= 0.3 is 6.18 Å². The molecule has 2 heterocycles. The van der Waals surface area contributed by atoms with Gasteiger partial charge in [-0.2, -0.15) is 13.2 Å². The van der Waals surface area contributed by atoms with Crippen LogP contribution in [0.1, 0.15) is 19.3 Å². The van der Waals surface area contributed by atoms with Crippen molar-refractivity contribution in [3.05, 3.63) is 52.8 Å². The van der Waals surface area contributed by atoms with Crippen LogP contribution in [-0.4, -0.2) is 29.0 Å². The van der Waals surface area contributed by atoms with Crippen molar-refractivity contribution < 1.29 is 13.2 Å². The summed E-state index contributed by atoms with van der Waals surface area (Å²) in [6, 6.07) is 10.8. The zero-order chi connectivity index (χ0) is 19.0. The summed E-state index contributed by atoms with van der Waals surface area (Å²) in [4.78, 5) is 13.4. The Morgan fingerprint density at radius 1 is 1.04 bits per heavy atom. The van der Waals surface area contributed by atoms with Gasteiger partial charge in [0.05, 0.1) is 16.6 Å². The Bertz CT molecular complexity index is 991. The predicted octanol–water partition coefficient (Wildman–Crippen LogP) is 4.52. The molecule has 3 N–H and O–H groups in total. The average Bonchev–Trinajstić information content (AvgIpc) is 3.04. The number of hydrogen-bond acceptors (Lipinski definition) is 3. The van der Waals surface area contributed by atoms with Crippen molar-refractivity contribution in [3.8, 4) is 0 Å². The van der Waals surface area contributed by atoms with Crippen molar-refractivity contribution in [3.63, 3.8) is 0 Å². The van der Waals surface area contributed by atoms with E-state index in [0.29, 0.717) is 40.9 Å². The first-order valence-corrected chi connectivity index (χ1v) is 8.83. The minimum Gasteiger partial charge on any atom is -0.360 e. The minimum absolute atomic E-state index is 0.127. The van der Waals surface area contributed by atoms with E-state index in [1.54, 1.807) is 36.4 Å². The number of piperidine rings is 1. The number of alkyl halides is 3. The van der Waals surface area contributed by atoms with Gasteiger partial charge in [-0.3, -0.25) is 15.0 Å². The SMILES string of the molecule is O=c1[nH][nH]c2cccc(Nc3ccc(N4CCCCC4C(F)(F)F)cc3)c12. The molecule has 27 heavy (non-hydrogen) atoms. The van der Waals surface area contributed by atoms with E-state index in [1.165, 1.54) is 4.90 Å². The summed E-state index contributed by atoms with van der Waals surface area (Å²) in [6.07, 6.45) is -2.76. The lowest BCUT2D eigenvalue weighted by Crippen LogP contribution is -2.48. The first-order chi connectivity index (χ1) is 12.9. The van der Waals surface area contributed by atoms with Crippen LogP contribution in [0.15, 0.2) is 47.3 Å². The summed E-state index contributed by atoms with van der Waals surface area (Å²) < 4.78 is 39.9. The second kappa shape index (κ2) is 6.68. The predicted molar refractivity (Wildman–Crippen MR) is 99.7 cm³/mol. The van der Waals surface area contributed by atoms with E-state index in [4.69, 9.17) is 0 Å². The largest absolute Gasteiger partial charge is 0.408 e. The van der Waals surface area contributed by atoms with Crippen molar-refractivity contribution in [2.75, 3.05) is 16.8 Å². The third-order valence-corrected chi connectivity index (χ3v) is 4.96. The van der Waals surface area contributed by atoms with Gasteiger partial charge in [0, 0.05) is 17.9 Å². The molecular weight excluding hydrogens is 357 g/mol. The van der Waals surface area contributed by atoms with E-state index in [9.17, 15) is 18.0 Å². The molecule has 142 valence electrons. The van der Waals surface area contributed by atoms with Crippen LogP contribution in [0.5, 0.6) is 0 Å². The number of anilines is 3. The Kier molecular flexibility index (Phi) is 4.33. The summed E-state index contributed by atoms with van der Waals surface area (Å²) in [7, 11) is 0. The van der Waals surface area contributed by atoms with E-state index < -0.39 is 12.2 Å². The summed E-state index contributed by atoms with van der Waals surface area (Å²) in [6.45, 7) is 0.398. The zero-order valence-corrected chi connectivity index (χ0v) is 14.4. The summed E-state index contributed by atoms with van der Waals surface area (Å²) in [5.74, 6) is 0. The lowest BCUT2D eigenvalue weighted by Gasteiger charge is -2.38. The Labute approximate surface area is 153 Å². The summed E-state index contributed by atoms with van der Waals surface area (Å²) >= 11 is 0. The van der Waals surface area contributed by atoms with Crippen LogP contribution in [0.4, 0.5) is 30.2 Å². The second-order valence-corrected chi connectivity index (χ2v) is 6.73. The molecule has 1 fully saturated rings. The Morgan fingerprint density at radius 3 is 2.56 bits per heavy atom. The van der Waals surface area contributed by atoms with E-state index in [-0.39, 0.29) is 12.0 Å². The molecule has 1 aromatic heterocycles. The Balaban J connectivity index is 1.58. The molecule has 0 radical (unpaired) electrons. The third kappa shape index (κ3) is 3.39. The van der Waals surface area contributed by atoms with Crippen molar-refractivity contribution in [1.29, 1.82) is 0 Å². The number of aromatic nitrogens is 2. The van der Waals surface area contributed by atoms with Crippen molar-refractivity contribution in [1.82, 2.24) is 10.2 Å². The number of rotatable bonds is 3. The van der Waals surface area contributed by atoms with Gasteiger partial charge in [-0.25, -0.2) is 0 Å². The molecule has 0 amide bonds. The van der Waals surface area contributed by atoms with Crippen molar-refractivity contribution >= 4 is 28.0 Å². The van der Waals surface area contributed by atoms with Crippen LogP contribution < -0.4 is 15.8 Å². The highest BCUT2D eigenvalue weighted by Gasteiger charge is 2.44. The molecule has 1 atom stereocenters. The maximum atomic E-state index is 13.3. The average molecular weight is 376 g/mol. The van der Waals surface area contributed by atoms with Gasteiger partial charge in [-0.05, 0) is 55.7 Å². The molecule has 5 nitrogen and oxygen atoms in total. The maximum Gasteiger partial charge on any atom is 0.408 e. The van der Waals surface area contributed by atoms with E-state index in [1.807, 2.05) is 6.07 Å². The summed E-state index contributed by atoms with van der Waals surface area (Å²) in [5.41, 5.74) is 2.34. The second-order valence-electron chi connectivity index (χ2n) is 6.73. The quantitative estimate of drug-likeness (QED) is 0.630. The van der Waals surface area contributed by atoms with Gasteiger partial charge in [0.1, 0.15) is 6.04 Å². The van der Waals surface area contributed by atoms with Crippen LogP contribution in [0, 0.1) is 0 Å². The third-order valence-electron chi connectivity index (χ3n) is 4.96. The molecule has 2 aromatic carbocycles. The van der Waals surface area contributed by atoms with Crippen molar-refractivity contribution in [2.24, 2.45) is 0 Å². The topological polar surface area (TPSA) is 63.9 Å². The highest BCUT2D eigenvalue weighted by molar-refractivity contribution is 5.92. The van der Waals surface area contributed by atoms with Crippen molar-refractivity contribution in [2.45, 2.75) is 31.5 Å². The standard InChI is InChI=1S/C19H19F3N4O/c20-19(21,22)16-6-1-2-11-26(16)13-9-7-12(8-10-13)23-14-4-3-5-15-17(14)18(27)25-24-15/h3-5,7-10,16,23H,1-2,6,11H2,(H2,24,25,27). The minimum atomic E-state index is -4.23. The first-order valence-electron chi connectivity index (χ1n) is 8.83. The normalized spacial score (nSPS) is 18.0. The fourth-order valence-electron chi connectivity index (χ4n) is 3.66. The number of hydrogen-bond donors (Lipinski definition) is 3. The van der Waals surface area contributed by atoms with E-state index in [0.717, 1.165) is 6.42 Å². The number of fused-ring (bicyclic) bond motifs is 1. The lowest BCUT2D eigenvalue weighted by atomic mass is 10.0. The number of aromatic amines is 2. The molecule has 1 aliphatic rings. The molecule has 0 saturated carbocycles. The number of H-pyrrole nitrogens is 2. The monoisotopic (exact) mass is 376 g/mol. The van der Waals surface area contributed by atoms with E-state index in [2.05, 4.69) is 15.5 Å².